The second-order valence-electron chi connectivity index (χ2n) is 11.1. The van der Waals surface area contributed by atoms with E-state index in [9.17, 15) is 18.0 Å². The van der Waals surface area contributed by atoms with Gasteiger partial charge < -0.3 is 15.0 Å². The molecule has 6 nitrogen and oxygen atoms in total. The number of halogens is 4. The van der Waals surface area contributed by atoms with Crippen LogP contribution in [0.3, 0.4) is 0 Å². The lowest BCUT2D eigenvalue weighted by Crippen LogP contribution is -2.43. The van der Waals surface area contributed by atoms with Crippen molar-refractivity contribution in [2.24, 2.45) is 0 Å². The van der Waals surface area contributed by atoms with E-state index < -0.39 is 11.9 Å². The fourth-order valence-corrected chi connectivity index (χ4v) is 5.91. The predicted octanol–water partition coefficient (Wildman–Crippen LogP) is 8.21. The lowest BCUT2D eigenvalue weighted by molar-refractivity contribution is -0.140. The highest BCUT2D eigenvalue weighted by atomic mass is 35.5. The molecule has 2 aromatic heterocycles. The minimum atomic E-state index is -4.57. The molecular formula is C34H30ClF3N4O2. The van der Waals surface area contributed by atoms with Gasteiger partial charge in [-0.2, -0.15) is 13.2 Å². The second kappa shape index (κ2) is 12.3. The fraction of sp³-hybridized carbons (Fsp3) is 0.265. The van der Waals surface area contributed by atoms with Crippen molar-refractivity contribution >= 4 is 45.0 Å². The van der Waals surface area contributed by atoms with E-state index in [-0.39, 0.29) is 23.5 Å². The number of pyridine rings is 2. The maximum absolute atomic E-state index is 13.6. The summed E-state index contributed by atoms with van der Waals surface area (Å²) in [5.41, 5.74) is 2.00. The molecule has 226 valence electrons. The Balaban J connectivity index is 1.04. The van der Waals surface area contributed by atoms with Crippen LogP contribution in [0.25, 0.3) is 21.8 Å². The van der Waals surface area contributed by atoms with Crippen molar-refractivity contribution in [2.45, 2.75) is 50.6 Å². The molecule has 0 atom stereocenters. The Kier molecular flexibility index (Phi) is 8.31. The number of nitrogens with one attached hydrogen (secondary N) is 1. The van der Waals surface area contributed by atoms with Crippen LogP contribution in [0.2, 0.25) is 5.02 Å². The minimum Gasteiger partial charge on any atom is -0.487 e. The van der Waals surface area contributed by atoms with E-state index >= 15 is 0 Å². The van der Waals surface area contributed by atoms with E-state index in [4.69, 9.17) is 16.3 Å². The van der Waals surface area contributed by atoms with Gasteiger partial charge in [0.25, 0.3) is 5.91 Å². The van der Waals surface area contributed by atoms with Crippen molar-refractivity contribution in [1.82, 2.24) is 15.3 Å². The quantitative estimate of drug-likeness (QED) is 0.199. The number of aromatic nitrogens is 2. The van der Waals surface area contributed by atoms with Crippen LogP contribution in [0.1, 0.15) is 47.4 Å². The predicted molar refractivity (Wildman–Crippen MR) is 166 cm³/mol. The van der Waals surface area contributed by atoms with Gasteiger partial charge in [0, 0.05) is 46.2 Å². The highest BCUT2D eigenvalue weighted by molar-refractivity contribution is 6.31. The van der Waals surface area contributed by atoms with Gasteiger partial charge >= 0.3 is 6.18 Å². The van der Waals surface area contributed by atoms with E-state index in [0.717, 1.165) is 22.7 Å². The molecule has 0 aliphatic heterocycles. The number of rotatable bonds is 7. The van der Waals surface area contributed by atoms with Crippen LogP contribution < -0.4 is 15.0 Å². The molecular weight excluding hydrogens is 589 g/mol. The van der Waals surface area contributed by atoms with E-state index in [1.165, 1.54) is 6.07 Å². The van der Waals surface area contributed by atoms with Crippen LogP contribution in [0.5, 0.6) is 5.75 Å². The number of benzene rings is 3. The number of fused-ring (bicyclic) bond motifs is 2. The largest absolute Gasteiger partial charge is 0.487 e. The van der Waals surface area contributed by atoms with Crippen LogP contribution >= 0.6 is 11.6 Å². The van der Waals surface area contributed by atoms with Crippen molar-refractivity contribution in [3.8, 4) is 5.75 Å². The molecule has 6 rings (SSSR count). The first-order valence-electron chi connectivity index (χ1n) is 14.4. The number of amides is 1. The number of ether oxygens (including phenoxy) is 1. The first kappa shape index (κ1) is 29.7. The fourth-order valence-electron chi connectivity index (χ4n) is 5.74. The molecule has 1 fully saturated rings. The van der Waals surface area contributed by atoms with Crippen LogP contribution in [-0.4, -0.2) is 35.0 Å². The van der Waals surface area contributed by atoms with Crippen LogP contribution in [0.15, 0.2) is 84.9 Å². The molecule has 0 radical (unpaired) electrons. The highest BCUT2D eigenvalue weighted by Crippen LogP contribution is 2.37. The van der Waals surface area contributed by atoms with Crippen LogP contribution in [-0.2, 0) is 12.8 Å². The Bertz CT molecular complexity index is 1810. The number of nitrogens with zero attached hydrogens (tertiary/aromatic N) is 3. The molecule has 0 saturated heterocycles. The van der Waals surface area contributed by atoms with E-state index in [2.05, 4.69) is 15.3 Å². The van der Waals surface area contributed by atoms with Crippen LogP contribution in [0.4, 0.5) is 18.9 Å². The van der Waals surface area contributed by atoms with Gasteiger partial charge in [-0.05, 0) is 86.3 Å². The standard InChI is InChI=1S/C34H30ClF3N4O2/c1-42(31-19-32(34(36,37)38)41-30-17-9-23(35)18-28(30)31)26-13-11-24(12-14-26)40-33(43)22-7-15-27(16-8-22)44-20-25-10-6-21-4-2-3-5-29(21)39-25/h2-10,15-19,24,26H,11-14,20H2,1H3,(H,40,43). The first-order valence-corrected chi connectivity index (χ1v) is 14.8. The number of carbonyl (C=O) groups excluding carboxylic acids is 1. The Morgan fingerprint density at radius 2 is 1.68 bits per heavy atom. The second-order valence-corrected chi connectivity index (χ2v) is 11.5. The Hall–Kier alpha value is -4.37. The average molecular weight is 619 g/mol. The summed E-state index contributed by atoms with van der Waals surface area (Å²) in [6.07, 6.45) is -1.73. The lowest BCUT2D eigenvalue weighted by Gasteiger charge is -2.37. The zero-order valence-corrected chi connectivity index (χ0v) is 24.7. The topological polar surface area (TPSA) is 67.4 Å². The number of para-hydroxylation sites is 1. The maximum atomic E-state index is 13.6. The molecule has 2 heterocycles. The van der Waals surface area contributed by atoms with Gasteiger partial charge in [0.15, 0.2) is 0 Å². The van der Waals surface area contributed by atoms with Gasteiger partial charge in [-0.1, -0.05) is 35.9 Å². The zero-order valence-electron chi connectivity index (χ0n) is 23.9. The smallest absolute Gasteiger partial charge is 0.433 e. The van der Waals surface area contributed by atoms with Crippen molar-refractivity contribution in [3.63, 3.8) is 0 Å². The number of carbonyl (C=O) groups is 1. The van der Waals surface area contributed by atoms with Gasteiger partial charge in [0.05, 0.1) is 16.7 Å². The third-order valence-electron chi connectivity index (χ3n) is 8.16. The average Bonchev–Trinajstić information content (AvgIpc) is 3.03. The van der Waals surface area contributed by atoms with Crippen molar-refractivity contribution in [2.75, 3.05) is 11.9 Å². The third kappa shape index (κ3) is 6.58. The zero-order chi connectivity index (χ0) is 30.8. The summed E-state index contributed by atoms with van der Waals surface area (Å²) in [7, 11) is 1.80. The normalized spacial score (nSPS) is 17.0. The third-order valence-corrected chi connectivity index (χ3v) is 8.39. The molecule has 5 aromatic rings. The monoisotopic (exact) mass is 618 g/mol. The van der Waals surface area contributed by atoms with Gasteiger partial charge in [-0.15, -0.1) is 0 Å². The number of hydrogen-bond acceptors (Lipinski definition) is 5. The summed E-state index contributed by atoms with van der Waals surface area (Å²) in [5, 5.41) is 5.18. The minimum absolute atomic E-state index is 0.00217. The number of alkyl halides is 3. The van der Waals surface area contributed by atoms with Crippen molar-refractivity contribution in [3.05, 3.63) is 107 Å². The molecule has 10 heteroatoms. The summed E-state index contributed by atoms with van der Waals surface area (Å²) >= 11 is 6.18. The molecule has 1 saturated carbocycles. The van der Waals surface area contributed by atoms with Gasteiger partial charge in [-0.25, -0.2) is 9.97 Å². The highest BCUT2D eigenvalue weighted by Gasteiger charge is 2.35. The molecule has 1 aliphatic rings. The molecule has 1 amide bonds. The van der Waals surface area contributed by atoms with Crippen molar-refractivity contribution in [1.29, 1.82) is 0 Å². The maximum Gasteiger partial charge on any atom is 0.433 e. The molecule has 0 spiro atoms. The first-order chi connectivity index (χ1) is 21.1. The Labute approximate surface area is 257 Å². The van der Waals surface area contributed by atoms with E-state index in [1.54, 1.807) is 43.4 Å². The number of anilines is 1. The van der Waals surface area contributed by atoms with Crippen molar-refractivity contribution < 1.29 is 22.7 Å². The lowest BCUT2D eigenvalue weighted by atomic mass is 9.89. The summed E-state index contributed by atoms with van der Waals surface area (Å²) in [6.45, 7) is 0.313. The van der Waals surface area contributed by atoms with Crippen LogP contribution in [0, 0.1) is 0 Å². The SMILES string of the molecule is CN(c1cc(C(F)(F)F)nc2ccc(Cl)cc12)C1CCC(NC(=O)c2ccc(OCc3ccc4ccccc4n3)cc2)CC1. The number of hydrogen-bond donors (Lipinski definition) is 1. The summed E-state index contributed by atoms with van der Waals surface area (Å²) in [4.78, 5) is 23.3. The van der Waals surface area contributed by atoms with Gasteiger partial charge in [0.2, 0.25) is 0 Å². The molecule has 1 aliphatic carbocycles. The Morgan fingerprint density at radius 1 is 0.932 bits per heavy atom. The van der Waals surface area contributed by atoms with E-state index in [1.807, 2.05) is 41.3 Å². The molecule has 0 unspecified atom stereocenters. The van der Waals surface area contributed by atoms with Gasteiger partial charge in [-0.3, -0.25) is 4.79 Å². The Morgan fingerprint density at radius 3 is 2.43 bits per heavy atom. The molecule has 3 aromatic carbocycles. The van der Waals surface area contributed by atoms with E-state index in [0.29, 0.717) is 59.7 Å². The summed E-state index contributed by atoms with van der Waals surface area (Å²) in [5.74, 6) is 0.466. The summed E-state index contributed by atoms with van der Waals surface area (Å²) in [6, 6.07) is 24.6. The molecule has 44 heavy (non-hydrogen) atoms. The molecule has 1 N–H and O–H groups in total. The molecule has 0 bridgehead atoms. The van der Waals surface area contributed by atoms with Gasteiger partial charge in [0.1, 0.15) is 18.1 Å². The summed E-state index contributed by atoms with van der Waals surface area (Å²) < 4.78 is 46.7.